The normalized spacial score (nSPS) is 11.0. The molecule has 5 nitrogen and oxygen atoms in total. The van der Waals surface area contributed by atoms with Gasteiger partial charge in [-0.05, 0) is 24.3 Å². The molecule has 20 heavy (non-hydrogen) atoms. The molecule has 0 bridgehead atoms. The summed E-state index contributed by atoms with van der Waals surface area (Å²) in [6.07, 6.45) is 5.09. The summed E-state index contributed by atoms with van der Waals surface area (Å²) >= 11 is 0. The summed E-state index contributed by atoms with van der Waals surface area (Å²) in [5, 5.41) is 0. The zero-order chi connectivity index (χ0) is 13.4. The van der Waals surface area contributed by atoms with Crippen LogP contribution in [0.15, 0.2) is 55.0 Å². The van der Waals surface area contributed by atoms with E-state index in [1.165, 1.54) is 0 Å². The number of benzene rings is 1. The van der Waals surface area contributed by atoms with E-state index in [0.717, 1.165) is 16.6 Å². The lowest BCUT2D eigenvalue weighted by Gasteiger charge is -2.02. The van der Waals surface area contributed by atoms with Gasteiger partial charge in [0.25, 0.3) is 0 Å². The summed E-state index contributed by atoms with van der Waals surface area (Å²) < 4.78 is 0. The highest BCUT2D eigenvalue weighted by molar-refractivity contribution is 5.77. The minimum Gasteiger partial charge on any atom is -0.252 e. The Morgan fingerprint density at radius 3 is 2.20 bits per heavy atom. The molecule has 0 amide bonds. The van der Waals surface area contributed by atoms with Gasteiger partial charge in [-0.15, -0.1) is 0 Å². The summed E-state index contributed by atoms with van der Waals surface area (Å²) in [6.45, 7) is 0. The summed E-state index contributed by atoms with van der Waals surface area (Å²) in [4.78, 5) is 21.9. The second-order valence-electron chi connectivity index (χ2n) is 4.35. The maximum absolute atomic E-state index is 4.57. The van der Waals surface area contributed by atoms with E-state index in [1.54, 1.807) is 18.6 Å². The predicted molar refractivity (Wildman–Crippen MR) is 75.9 cm³/mol. The van der Waals surface area contributed by atoms with Gasteiger partial charge < -0.3 is 0 Å². The number of para-hydroxylation sites is 2. The highest BCUT2D eigenvalue weighted by atomic mass is 14.9. The van der Waals surface area contributed by atoms with Crippen LogP contribution in [0, 0.1) is 0 Å². The lowest BCUT2D eigenvalue weighted by atomic mass is 10.2. The molecule has 4 aromatic rings. The molecule has 0 radical (unpaired) electrons. The minimum absolute atomic E-state index is 0.630. The molecule has 3 aromatic heterocycles. The molecular formula is C15H9N5. The Hall–Kier alpha value is -2.95. The van der Waals surface area contributed by atoms with Gasteiger partial charge in [-0.1, -0.05) is 12.1 Å². The third-order valence-corrected chi connectivity index (χ3v) is 3.03. The van der Waals surface area contributed by atoms with Crippen LogP contribution in [0.3, 0.4) is 0 Å². The number of hydrogen-bond acceptors (Lipinski definition) is 5. The fraction of sp³-hybridized carbons (Fsp3) is 0. The molecule has 1 aromatic carbocycles. The Morgan fingerprint density at radius 2 is 1.30 bits per heavy atom. The van der Waals surface area contributed by atoms with Gasteiger partial charge in [0.15, 0.2) is 5.65 Å². The van der Waals surface area contributed by atoms with Gasteiger partial charge in [0, 0.05) is 6.20 Å². The Balaban J connectivity index is 1.91. The molecule has 0 aliphatic carbocycles. The molecule has 94 valence electrons. The molecule has 4 rings (SSSR count). The van der Waals surface area contributed by atoms with E-state index in [0.29, 0.717) is 17.0 Å². The molecular weight excluding hydrogens is 250 g/mol. The van der Waals surface area contributed by atoms with Crippen molar-refractivity contribution in [2.45, 2.75) is 0 Å². The van der Waals surface area contributed by atoms with Crippen molar-refractivity contribution < 1.29 is 0 Å². The quantitative estimate of drug-likeness (QED) is 0.525. The van der Waals surface area contributed by atoms with Gasteiger partial charge in [-0.3, -0.25) is 4.98 Å². The first kappa shape index (κ1) is 10.9. The van der Waals surface area contributed by atoms with E-state index < -0.39 is 0 Å². The Morgan fingerprint density at radius 1 is 0.600 bits per heavy atom. The zero-order valence-electron chi connectivity index (χ0n) is 10.4. The van der Waals surface area contributed by atoms with Crippen LogP contribution in [-0.4, -0.2) is 24.9 Å². The van der Waals surface area contributed by atoms with Crippen molar-refractivity contribution in [2.24, 2.45) is 0 Å². The first-order valence-corrected chi connectivity index (χ1v) is 6.20. The molecule has 0 aliphatic heterocycles. The maximum atomic E-state index is 4.57. The van der Waals surface area contributed by atoms with Crippen molar-refractivity contribution in [1.82, 2.24) is 24.9 Å². The maximum Gasteiger partial charge on any atom is 0.178 e. The fourth-order valence-electron chi connectivity index (χ4n) is 2.06. The first-order valence-electron chi connectivity index (χ1n) is 6.20. The minimum atomic E-state index is 0.630. The van der Waals surface area contributed by atoms with Gasteiger partial charge in [0.2, 0.25) is 0 Å². The van der Waals surface area contributed by atoms with Crippen molar-refractivity contribution in [2.75, 3.05) is 0 Å². The van der Waals surface area contributed by atoms with E-state index in [9.17, 15) is 0 Å². The summed E-state index contributed by atoms with van der Waals surface area (Å²) in [7, 11) is 0. The van der Waals surface area contributed by atoms with Crippen molar-refractivity contribution in [3.63, 3.8) is 0 Å². The molecule has 0 N–H and O–H groups in total. The molecule has 3 heterocycles. The van der Waals surface area contributed by atoms with E-state index in [1.807, 2.05) is 36.4 Å². The molecule has 0 fully saturated rings. The van der Waals surface area contributed by atoms with Crippen LogP contribution in [0.1, 0.15) is 0 Å². The van der Waals surface area contributed by atoms with E-state index in [2.05, 4.69) is 24.9 Å². The van der Waals surface area contributed by atoms with Crippen LogP contribution < -0.4 is 0 Å². The van der Waals surface area contributed by atoms with Crippen molar-refractivity contribution >= 4 is 22.2 Å². The molecule has 0 aliphatic rings. The number of nitrogens with zero attached hydrogens (tertiary/aromatic N) is 5. The standard InChI is InChI=1S/C15H9N5/c1-2-5-11-10(4-1)17-8-13(19-11)14-9-18-15-12(20-14)6-3-7-16-15/h1-9H. The van der Waals surface area contributed by atoms with Crippen molar-refractivity contribution in [1.29, 1.82) is 0 Å². The third-order valence-electron chi connectivity index (χ3n) is 3.03. The highest BCUT2D eigenvalue weighted by Crippen LogP contribution is 2.18. The topological polar surface area (TPSA) is 64.5 Å². The van der Waals surface area contributed by atoms with Gasteiger partial charge in [0.1, 0.15) is 16.9 Å². The average Bonchev–Trinajstić information content (AvgIpc) is 2.54. The van der Waals surface area contributed by atoms with Crippen LogP contribution in [-0.2, 0) is 0 Å². The fourth-order valence-corrected chi connectivity index (χ4v) is 2.06. The third kappa shape index (κ3) is 1.76. The predicted octanol–water partition coefficient (Wildman–Crippen LogP) is 2.64. The number of pyridine rings is 1. The molecule has 0 atom stereocenters. The molecule has 0 spiro atoms. The monoisotopic (exact) mass is 259 g/mol. The smallest absolute Gasteiger partial charge is 0.178 e. The number of hydrogen-bond donors (Lipinski definition) is 0. The Labute approximate surface area is 114 Å². The SMILES string of the molecule is c1ccc2nc(-c3cnc4ncccc4n3)cnc2c1. The average molecular weight is 259 g/mol. The van der Waals surface area contributed by atoms with E-state index >= 15 is 0 Å². The number of fused-ring (bicyclic) bond motifs is 2. The highest BCUT2D eigenvalue weighted by Gasteiger charge is 2.06. The van der Waals surface area contributed by atoms with Gasteiger partial charge in [-0.2, -0.15) is 0 Å². The Kier molecular flexibility index (Phi) is 2.35. The summed E-state index contributed by atoms with van der Waals surface area (Å²) in [5.74, 6) is 0. The van der Waals surface area contributed by atoms with Crippen molar-refractivity contribution in [3.05, 3.63) is 55.0 Å². The van der Waals surface area contributed by atoms with E-state index in [4.69, 9.17) is 0 Å². The lowest BCUT2D eigenvalue weighted by Crippen LogP contribution is -1.94. The summed E-state index contributed by atoms with van der Waals surface area (Å²) in [6, 6.07) is 11.5. The molecule has 5 heteroatoms. The van der Waals surface area contributed by atoms with Crippen LogP contribution in [0.4, 0.5) is 0 Å². The summed E-state index contributed by atoms with van der Waals surface area (Å²) in [5.41, 5.74) is 4.50. The largest absolute Gasteiger partial charge is 0.252 e. The van der Waals surface area contributed by atoms with Crippen LogP contribution in [0.25, 0.3) is 33.6 Å². The molecule has 0 saturated carbocycles. The van der Waals surface area contributed by atoms with Crippen molar-refractivity contribution in [3.8, 4) is 11.4 Å². The van der Waals surface area contributed by atoms with Crippen LogP contribution >= 0.6 is 0 Å². The molecule has 0 unspecified atom stereocenters. The zero-order valence-corrected chi connectivity index (χ0v) is 10.4. The van der Waals surface area contributed by atoms with Gasteiger partial charge in [0.05, 0.1) is 23.4 Å². The second kappa shape index (κ2) is 4.31. The van der Waals surface area contributed by atoms with Crippen LogP contribution in [0.2, 0.25) is 0 Å². The number of rotatable bonds is 1. The lowest BCUT2D eigenvalue weighted by molar-refractivity contribution is 1.19. The number of aromatic nitrogens is 5. The molecule has 0 saturated heterocycles. The first-order chi connectivity index (χ1) is 9.90. The van der Waals surface area contributed by atoms with Gasteiger partial charge in [-0.25, -0.2) is 19.9 Å². The van der Waals surface area contributed by atoms with Gasteiger partial charge >= 0.3 is 0 Å². The second-order valence-corrected chi connectivity index (χ2v) is 4.35. The Bertz CT molecular complexity index is 842. The van der Waals surface area contributed by atoms with E-state index in [-0.39, 0.29) is 0 Å². The van der Waals surface area contributed by atoms with Crippen LogP contribution in [0.5, 0.6) is 0 Å².